The van der Waals surface area contributed by atoms with Gasteiger partial charge in [-0.2, -0.15) is 0 Å². The van der Waals surface area contributed by atoms with Crippen LogP contribution in [-0.4, -0.2) is 60.3 Å². The van der Waals surface area contributed by atoms with E-state index in [0.717, 1.165) is 49.7 Å². The van der Waals surface area contributed by atoms with E-state index in [4.69, 9.17) is 9.47 Å². The van der Waals surface area contributed by atoms with E-state index in [1.807, 2.05) is 48.5 Å². The summed E-state index contributed by atoms with van der Waals surface area (Å²) in [6.07, 6.45) is 6.27. The van der Waals surface area contributed by atoms with Gasteiger partial charge >= 0.3 is 18.2 Å². The third-order valence-corrected chi connectivity index (χ3v) is 11.5. The van der Waals surface area contributed by atoms with Crippen LogP contribution in [0.2, 0.25) is 0 Å². The molecule has 9 nitrogen and oxygen atoms in total. The molecule has 0 aliphatic heterocycles. The van der Waals surface area contributed by atoms with E-state index in [-0.39, 0.29) is 49.1 Å². The SMILES string of the molecule is O=C(N[C@H]1CCCC[C@@H]1C(=O)O)OCC1c2ccccc2-c2ccccc21.O=C(N[C@H]1CCCC[C@@H]1CO)OCC1c2ccccc2-c2ccccc21. The molecule has 0 heterocycles. The number of carboxylic acid groups (broad SMARTS) is 1. The molecule has 4 aliphatic carbocycles. The molecule has 276 valence electrons. The van der Waals surface area contributed by atoms with Crippen molar-refractivity contribution in [3.05, 3.63) is 119 Å². The summed E-state index contributed by atoms with van der Waals surface area (Å²) in [7, 11) is 0. The monoisotopic (exact) mass is 716 g/mol. The Balaban J connectivity index is 0.000000164. The van der Waals surface area contributed by atoms with E-state index in [2.05, 4.69) is 59.2 Å². The highest BCUT2D eigenvalue weighted by Crippen LogP contribution is 2.45. The van der Waals surface area contributed by atoms with Crippen molar-refractivity contribution in [2.75, 3.05) is 19.8 Å². The summed E-state index contributed by atoms with van der Waals surface area (Å²) >= 11 is 0. The minimum Gasteiger partial charge on any atom is -0.481 e. The van der Waals surface area contributed by atoms with E-state index in [1.165, 1.54) is 33.4 Å². The molecule has 0 unspecified atom stereocenters. The van der Waals surface area contributed by atoms with Gasteiger partial charge < -0.3 is 30.3 Å². The van der Waals surface area contributed by atoms with E-state index >= 15 is 0 Å². The number of rotatable bonds is 8. The van der Waals surface area contributed by atoms with Gasteiger partial charge in [-0.15, -0.1) is 0 Å². The van der Waals surface area contributed by atoms with Gasteiger partial charge in [-0.1, -0.05) is 123 Å². The first-order valence-corrected chi connectivity index (χ1v) is 19.0. The molecule has 2 amide bonds. The molecular weight excluding hydrogens is 668 g/mol. The number of nitrogens with one attached hydrogen (secondary N) is 2. The fourth-order valence-electron chi connectivity index (χ4n) is 8.80. The molecular formula is C44H48N2O7. The van der Waals surface area contributed by atoms with Crippen LogP contribution in [0.4, 0.5) is 9.59 Å². The van der Waals surface area contributed by atoms with Crippen molar-refractivity contribution in [2.45, 2.75) is 75.3 Å². The second-order valence-electron chi connectivity index (χ2n) is 14.6. The largest absolute Gasteiger partial charge is 0.481 e. The highest BCUT2D eigenvalue weighted by Gasteiger charge is 2.34. The van der Waals surface area contributed by atoms with Gasteiger partial charge in [0.15, 0.2) is 0 Å². The third-order valence-electron chi connectivity index (χ3n) is 11.5. The van der Waals surface area contributed by atoms with Crippen molar-refractivity contribution >= 4 is 18.2 Å². The molecule has 4 N–H and O–H groups in total. The zero-order valence-corrected chi connectivity index (χ0v) is 29.9. The number of aliphatic carboxylic acids is 1. The molecule has 9 heteroatoms. The standard InChI is InChI=1S/C22H23NO4.C22H25NO3/c24-21(25)18-11-5-6-12-20(18)23-22(26)27-13-19-16-9-3-1-7-14(16)15-8-2-4-10-17(15)19;24-13-15-7-1-6-12-21(15)23-22(25)26-14-20-18-10-4-2-8-16(18)17-9-3-5-11-19(17)20/h1-4,7-10,18-20H,5-6,11-13H2,(H,23,26)(H,24,25);2-5,8-11,15,20-21,24H,1,6-7,12-14H2,(H,23,25)/t18-,20-;15-,21+/m01/s1. The number of aliphatic hydroxyl groups excluding tert-OH is 1. The number of benzene rings is 4. The van der Waals surface area contributed by atoms with Gasteiger partial charge in [-0.25, -0.2) is 9.59 Å². The van der Waals surface area contributed by atoms with Crippen molar-refractivity contribution in [2.24, 2.45) is 11.8 Å². The molecule has 4 aliphatic rings. The lowest BCUT2D eigenvalue weighted by Gasteiger charge is -2.30. The fourth-order valence-corrected chi connectivity index (χ4v) is 8.80. The lowest BCUT2D eigenvalue weighted by atomic mass is 9.84. The van der Waals surface area contributed by atoms with Crippen LogP contribution in [0.3, 0.4) is 0 Å². The van der Waals surface area contributed by atoms with E-state index in [0.29, 0.717) is 19.4 Å². The summed E-state index contributed by atoms with van der Waals surface area (Å²) in [6.45, 7) is 0.689. The van der Waals surface area contributed by atoms with Crippen molar-refractivity contribution in [3.8, 4) is 22.3 Å². The second kappa shape index (κ2) is 16.7. The number of carbonyl (C=O) groups is 3. The van der Waals surface area contributed by atoms with Gasteiger partial charge in [0.2, 0.25) is 0 Å². The van der Waals surface area contributed by atoms with E-state index in [1.54, 1.807) is 0 Å². The molecule has 8 rings (SSSR count). The Hall–Kier alpha value is -5.15. The normalized spacial score (nSPS) is 21.5. The van der Waals surface area contributed by atoms with Crippen LogP contribution in [0, 0.1) is 11.8 Å². The maximum Gasteiger partial charge on any atom is 0.407 e. The molecule has 0 saturated heterocycles. The van der Waals surface area contributed by atoms with Crippen molar-refractivity contribution in [1.29, 1.82) is 0 Å². The van der Waals surface area contributed by atoms with Crippen LogP contribution in [0.15, 0.2) is 97.1 Å². The first-order valence-electron chi connectivity index (χ1n) is 19.0. The maximum absolute atomic E-state index is 12.3. The van der Waals surface area contributed by atoms with Crippen LogP contribution in [0.5, 0.6) is 0 Å². The number of alkyl carbamates (subject to hydrolysis) is 2. The molecule has 0 bridgehead atoms. The molecule has 2 fully saturated rings. The zero-order valence-electron chi connectivity index (χ0n) is 29.9. The molecule has 2 saturated carbocycles. The molecule has 4 aromatic carbocycles. The third kappa shape index (κ3) is 7.95. The fraction of sp³-hybridized carbons (Fsp3) is 0.386. The summed E-state index contributed by atoms with van der Waals surface area (Å²) in [5.41, 5.74) is 9.56. The number of fused-ring (bicyclic) bond motifs is 6. The first kappa shape index (κ1) is 36.2. The van der Waals surface area contributed by atoms with Gasteiger partial charge in [0.25, 0.3) is 0 Å². The minimum absolute atomic E-state index is 0.00442. The average molecular weight is 717 g/mol. The topological polar surface area (TPSA) is 134 Å². The van der Waals surface area contributed by atoms with Crippen molar-refractivity contribution < 1.29 is 34.1 Å². The van der Waals surface area contributed by atoms with Gasteiger partial charge in [-0.05, 0) is 70.2 Å². The quantitative estimate of drug-likeness (QED) is 0.144. The molecule has 0 spiro atoms. The number of ether oxygens (including phenoxy) is 2. The number of carbonyl (C=O) groups excluding carboxylic acids is 2. The number of hydrogen-bond acceptors (Lipinski definition) is 6. The number of amides is 2. The summed E-state index contributed by atoms with van der Waals surface area (Å²) < 4.78 is 11.1. The Kier molecular flexibility index (Phi) is 11.4. The predicted molar refractivity (Wildman–Crippen MR) is 203 cm³/mol. The molecule has 53 heavy (non-hydrogen) atoms. The lowest BCUT2D eigenvalue weighted by molar-refractivity contribution is -0.143. The molecule has 0 radical (unpaired) electrons. The zero-order chi connectivity index (χ0) is 36.7. The Labute approximate surface area is 310 Å². The van der Waals surface area contributed by atoms with Crippen LogP contribution in [-0.2, 0) is 14.3 Å². The summed E-state index contributed by atoms with van der Waals surface area (Å²) in [4.78, 5) is 36.1. The smallest absolute Gasteiger partial charge is 0.407 e. The highest BCUT2D eigenvalue weighted by molar-refractivity contribution is 5.80. The number of hydrogen-bond donors (Lipinski definition) is 4. The van der Waals surface area contributed by atoms with Crippen molar-refractivity contribution in [1.82, 2.24) is 10.6 Å². The van der Waals surface area contributed by atoms with Crippen molar-refractivity contribution in [3.63, 3.8) is 0 Å². The summed E-state index contributed by atoms with van der Waals surface area (Å²) in [6, 6.07) is 32.7. The Bertz CT molecular complexity index is 1840. The number of carboxylic acids is 1. The van der Waals surface area contributed by atoms with Crippen LogP contribution >= 0.6 is 0 Å². The Morgan fingerprint density at radius 3 is 1.36 bits per heavy atom. The van der Waals surface area contributed by atoms with Crippen LogP contribution < -0.4 is 10.6 Å². The van der Waals surface area contributed by atoms with Gasteiger partial charge in [0.05, 0.1) is 5.92 Å². The van der Waals surface area contributed by atoms with Gasteiger partial charge in [0, 0.05) is 36.4 Å². The Morgan fingerprint density at radius 2 is 0.925 bits per heavy atom. The average Bonchev–Trinajstić information content (AvgIpc) is 3.69. The molecule has 4 aromatic rings. The van der Waals surface area contributed by atoms with Crippen LogP contribution in [0.1, 0.15) is 85.5 Å². The molecule has 0 aromatic heterocycles. The minimum atomic E-state index is -0.848. The second-order valence-corrected chi connectivity index (χ2v) is 14.6. The summed E-state index contributed by atoms with van der Waals surface area (Å²) in [5, 5.41) is 24.6. The highest BCUT2D eigenvalue weighted by atomic mass is 16.6. The lowest BCUT2D eigenvalue weighted by Crippen LogP contribution is -2.45. The predicted octanol–water partition coefficient (Wildman–Crippen LogP) is 8.24. The first-order chi connectivity index (χ1) is 25.9. The maximum atomic E-state index is 12.3. The van der Waals surface area contributed by atoms with Crippen LogP contribution in [0.25, 0.3) is 22.3 Å². The Morgan fingerprint density at radius 1 is 0.547 bits per heavy atom. The van der Waals surface area contributed by atoms with E-state index < -0.39 is 18.0 Å². The summed E-state index contributed by atoms with van der Waals surface area (Å²) in [5.74, 6) is -1.15. The van der Waals surface area contributed by atoms with Gasteiger partial charge in [-0.3, -0.25) is 4.79 Å². The van der Waals surface area contributed by atoms with Gasteiger partial charge in [0.1, 0.15) is 13.2 Å². The molecule has 4 atom stereocenters. The number of aliphatic hydroxyl groups is 1. The van der Waals surface area contributed by atoms with E-state index in [9.17, 15) is 24.6 Å².